The highest BCUT2D eigenvalue weighted by atomic mass is 32.2. The van der Waals surface area contributed by atoms with Crippen molar-refractivity contribution in [3.63, 3.8) is 0 Å². The lowest BCUT2D eigenvalue weighted by atomic mass is 10.0. The third-order valence-electron chi connectivity index (χ3n) is 2.09. The van der Waals surface area contributed by atoms with Crippen LogP contribution in [0.1, 0.15) is 31.2 Å². The average Bonchev–Trinajstić information content (AvgIpc) is 2.15. The number of ketones is 1. The van der Waals surface area contributed by atoms with Crippen molar-refractivity contribution in [3.05, 3.63) is 17.5 Å². The van der Waals surface area contributed by atoms with Crippen LogP contribution in [0.25, 0.3) is 0 Å². The lowest BCUT2D eigenvalue weighted by molar-refractivity contribution is -0.118. The van der Waals surface area contributed by atoms with Gasteiger partial charge in [0.1, 0.15) is 5.78 Å². The van der Waals surface area contributed by atoms with Gasteiger partial charge in [-0.15, -0.1) is 0 Å². The van der Waals surface area contributed by atoms with Crippen molar-refractivity contribution in [3.8, 4) is 0 Å². The Kier molecular flexibility index (Phi) is 3.63. The van der Waals surface area contributed by atoms with Gasteiger partial charge in [-0.1, -0.05) is 11.8 Å². The molecule has 0 N–H and O–H groups in total. The van der Waals surface area contributed by atoms with E-state index >= 15 is 0 Å². The number of thioether (sulfide) groups is 1. The molecule has 0 spiro atoms. The maximum absolute atomic E-state index is 11.2. The van der Waals surface area contributed by atoms with Crippen molar-refractivity contribution in [1.29, 1.82) is 0 Å². The highest BCUT2D eigenvalue weighted by molar-refractivity contribution is 7.98. The Morgan fingerprint density at radius 3 is 2.64 bits per heavy atom. The number of hydrogen-bond donors (Lipinski definition) is 0. The monoisotopic (exact) mass is 210 g/mol. The van der Waals surface area contributed by atoms with Crippen molar-refractivity contribution in [1.82, 2.24) is 9.97 Å². The summed E-state index contributed by atoms with van der Waals surface area (Å²) in [6.07, 6.45) is 1.93. The van der Waals surface area contributed by atoms with Gasteiger partial charge >= 0.3 is 0 Å². The SMILES string of the molecule is CSc1nc(C)cc(C(C)C(C)=O)n1. The molecule has 0 amide bonds. The minimum Gasteiger partial charge on any atom is -0.299 e. The van der Waals surface area contributed by atoms with Crippen LogP contribution in [-0.2, 0) is 4.79 Å². The van der Waals surface area contributed by atoms with Crippen molar-refractivity contribution < 1.29 is 4.79 Å². The van der Waals surface area contributed by atoms with Gasteiger partial charge in [0.2, 0.25) is 0 Å². The van der Waals surface area contributed by atoms with Crippen LogP contribution < -0.4 is 0 Å². The Morgan fingerprint density at radius 1 is 1.50 bits per heavy atom. The summed E-state index contributed by atoms with van der Waals surface area (Å²) in [5.41, 5.74) is 1.72. The van der Waals surface area contributed by atoms with E-state index in [1.165, 1.54) is 11.8 Å². The highest BCUT2D eigenvalue weighted by Gasteiger charge is 2.13. The third-order valence-corrected chi connectivity index (χ3v) is 2.64. The first kappa shape index (κ1) is 11.2. The third kappa shape index (κ3) is 2.54. The Morgan fingerprint density at radius 2 is 2.14 bits per heavy atom. The van der Waals surface area contributed by atoms with E-state index in [1.807, 2.05) is 26.2 Å². The summed E-state index contributed by atoms with van der Waals surface area (Å²) in [6.45, 7) is 5.37. The topological polar surface area (TPSA) is 42.9 Å². The molecule has 0 bridgehead atoms. The van der Waals surface area contributed by atoms with Crippen LogP contribution in [0.2, 0.25) is 0 Å². The van der Waals surface area contributed by atoms with Crippen LogP contribution in [0.15, 0.2) is 11.2 Å². The van der Waals surface area contributed by atoms with Gasteiger partial charge in [0.05, 0.1) is 11.6 Å². The molecule has 4 heteroatoms. The van der Waals surface area contributed by atoms with Gasteiger partial charge in [0, 0.05) is 5.69 Å². The van der Waals surface area contributed by atoms with E-state index in [-0.39, 0.29) is 11.7 Å². The molecule has 1 heterocycles. The number of carbonyl (C=O) groups excluding carboxylic acids is 1. The van der Waals surface area contributed by atoms with Gasteiger partial charge in [-0.3, -0.25) is 4.79 Å². The largest absolute Gasteiger partial charge is 0.299 e. The first-order chi connectivity index (χ1) is 6.54. The van der Waals surface area contributed by atoms with Crippen LogP contribution in [0.3, 0.4) is 0 Å². The second-order valence-corrected chi connectivity index (χ2v) is 4.03. The molecule has 14 heavy (non-hydrogen) atoms. The maximum atomic E-state index is 11.2. The normalized spacial score (nSPS) is 12.6. The van der Waals surface area contributed by atoms with Crippen LogP contribution in [0, 0.1) is 6.92 Å². The average molecular weight is 210 g/mol. The molecule has 1 aromatic rings. The van der Waals surface area contributed by atoms with Gasteiger partial charge in [0.15, 0.2) is 5.16 Å². The molecule has 0 aliphatic rings. The standard InChI is InChI=1S/C10H14N2OS/c1-6-5-9(7(2)8(3)13)12-10(11-6)14-4/h5,7H,1-4H3. The fraction of sp³-hybridized carbons (Fsp3) is 0.500. The Balaban J connectivity index is 3.08. The Hall–Kier alpha value is -0.900. The molecule has 0 saturated heterocycles. The summed E-state index contributed by atoms with van der Waals surface area (Å²) >= 11 is 1.49. The summed E-state index contributed by atoms with van der Waals surface area (Å²) in [6, 6.07) is 1.87. The van der Waals surface area contributed by atoms with E-state index in [1.54, 1.807) is 6.92 Å². The molecular weight excluding hydrogens is 196 g/mol. The maximum Gasteiger partial charge on any atom is 0.187 e. The van der Waals surface area contributed by atoms with E-state index in [9.17, 15) is 4.79 Å². The van der Waals surface area contributed by atoms with Gasteiger partial charge in [-0.25, -0.2) is 9.97 Å². The molecule has 0 radical (unpaired) electrons. The van der Waals surface area contributed by atoms with E-state index < -0.39 is 0 Å². The fourth-order valence-corrected chi connectivity index (χ4v) is 1.52. The summed E-state index contributed by atoms with van der Waals surface area (Å²) in [5, 5.41) is 0.730. The Labute approximate surface area is 88.3 Å². The van der Waals surface area contributed by atoms with Crippen molar-refractivity contribution >= 4 is 17.5 Å². The highest BCUT2D eigenvalue weighted by Crippen LogP contribution is 2.17. The molecule has 76 valence electrons. The van der Waals surface area contributed by atoms with E-state index in [2.05, 4.69) is 9.97 Å². The summed E-state index contributed by atoms with van der Waals surface area (Å²) < 4.78 is 0. The number of hydrogen-bond acceptors (Lipinski definition) is 4. The zero-order chi connectivity index (χ0) is 10.7. The van der Waals surface area contributed by atoms with Crippen LogP contribution in [0.5, 0.6) is 0 Å². The number of carbonyl (C=O) groups is 1. The lowest BCUT2D eigenvalue weighted by Gasteiger charge is -2.08. The quantitative estimate of drug-likeness (QED) is 0.566. The fourth-order valence-electron chi connectivity index (χ4n) is 1.09. The molecule has 0 saturated carbocycles. The van der Waals surface area contributed by atoms with E-state index in [0.29, 0.717) is 0 Å². The number of nitrogens with zero attached hydrogens (tertiary/aromatic N) is 2. The molecular formula is C10H14N2OS. The molecule has 1 rings (SSSR count). The van der Waals surface area contributed by atoms with E-state index in [4.69, 9.17) is 0 Å². The molecule has 0 aliphatic carbocycles. The smallest absolute Gasteiger partial charge is 0.187 e. The number of aryl methyl sites for hydroxylation is 1. The van der Waals surface area contributed by atoms with Gasteiger partial charge in [-0.2, -0.15) is 0 Å². The van der Waals surface area contributed by atoms with Crippen molar-refractivity contribution in [2.45, 2.75) is 31.8 Å². The zero-order valence-corrected chi connectivity index (χ0v) is 9.68. The van der Waals surface area contributed by atoms with E-state index in [0.717, 1.165) is 16.5 Å². The first-order valence-electron chi connectivity index (χ1n) is 4.44. The molecule has 3 nitrogen and oxygen atoms in total. The van der Waals surface area contributed by atoms with Gasteiger partial charge < -0.3 is 0 Å². The van der Waals surface area contributed by atoms with Gasteiger partial charge in [0.25, 0.3) is 0 Å². The van der Waals surface area contributed by atoms with Crippen LogP contribution in [0.4, 0.5) is 0 Å². The Bertz CT molecular complexity index is 352. The number of rotatable bonds is 3. The zero-order valence-electron chi connectivity index (χ0n) is 8.87. The first-order valence-corrected chi connectivity index (χ1v) is 5.67. The summed E-state index contributed by atoms with van der Waals surface area (Å²) in [4.78, 5) is 19.7. The summed E-state index contributed by atoms with van der Waals surface area (Å²) in [5.74, 6) is -0.00208. The van der Waals surface area contributed by atoms with Crippen LogP contribution in [-0.4, -0.2) is 22.0 Å². The number of Topliss-reactive ketones (excluding diaryl/α,β-unsaturated/α-hetero) is 1. The van der Waals surface area contributed by atoms with Crippen LogP contribution >= 0.6 is 11.8 Å². The molecule has 1 unspecified atom stereocenters. The minimum atomic E-state index is -0.136. The van der Waals surface area contributed by atoms with Crippen molar-refractivity contribution in [2.75, 3.05) is 6.26 Å². The minimum absolute atomic E-state index is 0.134. The second-order valence-electron chi connectivity index (χ2n) is 3.25. The molecule has 1 aromatic heterocycles. The van der Waals surface area contributed by atoms with Gasteiger partial charge in [-0.05, 0) is 33.1 Å². The number of aromatic nitrogens is 2. The predicted octanol–water partition coefficient (Wildman–Crippen LogP) is 2.20. The molecule has 0 fully saturated rings. The molecule has 0 aromatic carbocycles. The summed E-state index contributed by atoms with van der Waals surface area (Å²) in [7, 11) is 0. The molecule has 1 atom stereocenters. The van der Waals surface area contributed by atoms with Crippen molar-refractivity contribution in [2.24, 2.45) is 0 Å². The second kappa shape index (κ2) is 4.55. The predicted molar refractivity (Wildman–Crippen MR) is 57.6 cm³/mol. The molecule has 0 aliphatic heterocycles. The lowest BCUT2D eigenvalue weighted by Crippen LogP contribution is -2.08.